The molecule has 4 rings (SSSR count). The molecule has 1 aliphatic rings. The minimum atomic E-state index is -1.09. The number of anilines is 1. The molecule has 0 amide bonds. The van der Waals surface area contributed by atoms with Crippen molar-refractivity contribution in [3.63, 3.8) is 0 Å². The molecule has 118 valence electrons. The fraction of sp³-hybridized carbons (Fsp3) is 0.333. The molecule has 23 heavy (non-hydrogen) atoms. The van der Waals surface area contributed by atoms with Crippen LogP contribution < -0.4 is 10.5 Å². The highest BCUT2D eigenvalue weighted by atomic mass is 16.3. The summed E-state index contributed by atoms with van der Waals surface area (Å²) in [4.78, 5) is 18.7. The van der Waals surface area contributed by atoms with Crippen molar-refractivity contribution in [1.82, 2.24) is 24.8 Å². The van der Waals surface area contributed by atoms with Crippen LogP contribution in [0.2, 0.25) is 0 Å². The second-order valence-electron chi connectivity index (χ2n) is 5.79. The zero-order valence-corrected chi connectivity index (χ0v) is 12.4. The fourth-order valence-corrected chi connectivity index (χ4v) is 3.07. The molecule has 1 aliphatic heterocycles. The third kappa shape index (κ3) is 2.36. The second kappa shape index (κ2) is 5.17. The summed E-state index contributed by atoms with van der Waals surface area (Å²) < 4.78 is 1.50. The Kier molecular flexibility index (Phi) is 3.12. The molecule has 1 saturated heterocycles. The Hall–Kier alpha value is -2.74. The summed E-state index contributed by atoms with van der Waals surface area (Å²) in [7, 11) is 0. The van der Waals surface area contributed by atoms with Crippen molar-refractivity contribution < 1.29 is 5.11 Å². The Bertz CT molecular complexity index is 890. The van der Waals surface area contributed by atoms with Crippen LogP contribution in [0.4, 0.5) is 5.82 Å². The van der Waals surface area contributed by atoms with E-state index in [1.807, 2.05) is 11.0 Å². The number of aromatic nitrogens is 5. The summed E-state index contributed by atoms with van der Waals surface area (Å²) in [5.41, 5.74) is -0.124. The van der Waals surface area contributed by atoms with E-state index in [4.69, 9.17) is 0 Å². The van der Waals surface area contributed by atoms with Gasteiger partial charge in [-0.25, -0.2) is 4.98 Å². The van der Waals surface area contributed by atoms with Gasteiger partial charge in [0.25, 0.3) is 5.56 Å². The Morgan fingerprint density at radius 3 is 3.09 bits per heavy atom. The summed E-state index contributed by atoms with van der Waals surface area (Å²) in [5, 5.41) is 21.2. The van der Waals surface area contributed by atoms with E-state index in [1.165, 1.54) is 16.7 Å². The van der Waals surface area contributed by atoms with E-state index in [2.05, 4.69) is 20.4 Å². The molecule has 3 aromatic rings. The number of nitrogens with zero attached hydrogens (tertiary/aromatic N) is 5. The van der Waals surface area contributed by atoms with Crippen molar-refractivity contribution in [2.24, 2.45) is 0 Å². The number of nitrogens with one attached hydrogen (secondary N) is 1. The molecule has 8 heteroatoms. The molecule has 0 aliphatic carbocycles. The van der Waals surface area contributed by atoms with E-state index in [1.54, 1.807) is 18.3 Å². The molecular formula is C15H16N6O2. The van der Waals surface area contributed by atoms with Crippen molar-refractivity contribution in [3.05, 3.63) is 52.7 Å². The van der Waals surface area contributed by atoms with Crippen LogP contribution in [0.3, 0.4) is 0 Å². The first-order chi connectivity index (χ1) is 11.2. The lowest BCUT2D eigenvalue weighted by molar-refractivity contribution is 0.0175. The number of rotatable bonds is 2. The van der Waals surface area contributed by atoms with Crippen LogP contribution in [0, 0.1) is 0 Å². The van der Waals surface area contributed by atoms with Gasteiger partial charge >= 0.3 is 0 Å². The van der Waals surface area contributed by atoms with Crippen LogP contribution in [0.25, 0.3) is 5.65 Å². The zero-order valence-electron chi connectivity index (χ0n) is 12.4. The van der Waals surface area contributed by atoms with Crippen molar-refractivity contribution in [2.45, 2.75) is 18.4 Å². The number of hydrogen-bond acceptors (Lipinski definition) is 6. The minimum Gasteiger partial charge on any atom is -0.382 e. The van der Waals surface area contributed by atoms with E-state index in [9.17, 15) is 9.90 Å². The number of aromatic amines is 1. The van der Waals surface area contributed by atoms with E-state index in [0.29, 0.717) is 30.1 Å². The highest BCUT2D eigenvalue weighted by molar-refractivity contribution is 5.48. The Morgan fingerprint density at radius 1 is 1.35 bits per heavy atom. The molecule has 0 spiro atoms. The molecule has 3 aromatic heterocycles. The molecule has 2 N–H and O–H groups in total. The van der Waals surface area contributed by atoms with Crippen LogP contribution in [0.1, 0.15) is 18.5 Å². The maximum absolute atomic E-state index is 12.2. The highest BCUT2D eigenvalue weighted by Crippen LogP contribution is 2.31. The standard InChI is InChI=1S/C15H16N6O2/c22-14-8-13(17-12-4-1-2-7-21(12)14)20-6-3-5-15(23,10-20)11-9-16-19-18-11/h1-2,4,7-9,23H,3,5-6,10H2,(H,16,18,19)/t15-/m1/s1. The number of H-pyrrole nitrogens is 1. The van der Waals surface area contributed by atoms with E-state index in [-0.39, 0.29) is 5.56 Å². The largest absolute Gasteiger partial charge is 0.382 e. The summed E-state index contributed by atoms with van der Waals surface area (Å²) in [5.74, 6) is 0.572. The van der Waals surface area contributed by atoms with Gasteiger partial charge in [-0.05, 0) is 25.0 Å². The number of hydrogen-bond donors (Lipinski definition) is 2. The smallest absolute Gasteiger partial charge is 0.259 e. The van der Waals surface area contributed by atoms with Gasteiger partial charge in [-0.2, -0.15) is 15.4 Å². The molecule has 1 atom stereocenters. The Labute approximate surface area is 131 Å². The van der Waals surface area contributed by atoms with Crippen LogP contribution in [0.15, 0.2) is 41.5 Å². The van der Waals surface area contributed by atoms with Gasteiger partial charge in [-0.15, -0.1) is 0 Å². The van der Waals surface area contributed by atoms with E-state index < -0.39 is 5.60 Å². The van der Waals surface area contributed by atoms with Crippen LogP contribution in [0.5, 0.6) is 0 Å². The lowest BCUT2D eigenvalue weighted by Gasteiger charge is -2.38. The van der Waals surface area contributed by atoms with Crippen molar-refractivity contribution in [1.29, 1.82) is 0 Å². The lowest BCUT2D eigenvalue weighted by atomic mass is 9.90. The van der Waals surface area contributed by atoms with Crippen LogP contribution in [-0.4, -0.2) is 43.0 Å². The molecule has 0 radical (unpaired) electrons. The molecule has 8 nitrogen and oxygen atoms in total. The van der Waals surface area contributed by atoms with Crippen LogP contribution >= 0.6 is 0 Å². The first kappa shape index (κ1) is 13.9. The molecule has 1 fully saturated rings. The molecule has 0 aromatic carbocycles. The van der Waals surface area contributed by atoms with E-state index in [0.717, 1.165) is 13.0 Å². The second-order valence-corrected chi connectivity index (χ2v) is 5.79. The quantitative estimate of drug-likeness (QED) is 0.706. The maximum atomic E-state index is 12.2. The van der Waals surface area contributed by atoms with Gasteiger partial charge in [0.05, 0.1) is 12.7 Å². The molecule has 0 saturated carbocycles. The average Bonchev–Trinajstić information content (AvgIpc) is 3.10. The zero-order chi connectivity index (χ0) is 15.9. The van der Waals surface area contributed by atoms with Crippen molar-refractivity contribution in [2.75, 3.05) is 18.0 Å². The monoisotopic (exact) mass is 312 g/mol. The summed E-state index contributed by atoms with van der Waals surface area (Å²) in [6.07, 6.45) is 4.60. The topological polar surface area (TPSA) is 99.4 Å². The van der Waals surface area contributed by atoms with Gasteiger partial charge in [0.15, 0.2) is 0 Å². The highest BCUT2D eigenvalue weighted by Gasteiger charge is 2.37. The minimum absolute atomic E-state index is 0.138. The molecule has 0 bridgehead atoms. The van der Waals surface area contributed by atoms with Gasteiger partial charge < -0.3 is 10.0 Å². The van der Waals surface area contributed by atoms with Crippen molar-refractivity contribution >= 4 is 11.5 Å². The molecular weight excluding hydrogens is 296 g/mol. The molecule has 4 heterocycles. The van der Waals surface area contributed by atoms with Gasteiger partial charge in [0, 0.05) is 18.8 Å². The third-order valence-electron chi connectivity index (χ3n) is 4.24. The Morgan fingerprint density at radius 2 is 2.26 bits per heavy atom. The van der Waals surface area contributed by atoms with E-state index >= 15 is 0 Å². The average molecular weight is 312 g/mol. The fourth-order valence-electron chi connectivity index (χ4n) is 3.07. The molecule has 0 unspecified atom stereocenters. The number of pyridine rings is 1. The van der Waals surface area contributed by atoms with Gasteiger partial charge in [0.1, 0.15) is 22.8 Å². The maximum Gasteiger partial charge on any atom is 0.259 e. The predicted molar refractivity (Wildman–Crippen MR) is 83.2 cm³/mol. The third-order valence-corrected chi connectivity index (χ3v) is 4.24. The van der Waals surface area contributed by atoms with Gasteiger partial charge in [-0.3, -0.25) is 9.20 Å². The number of piperidine rings is 1. The van der Waals surface area contributed by atoms with Gasteiger partial charge in [-0.1, -0.05) is 6.07 Å². The van der Waals surface area contributed by atoms with Gasteiger partial charge in [0.2, 0.25) is 0 Å². The first-order valence-corrected chi connectivity index (χ1v) is 7.48. The van der Waals surface area contributed by atoms with Crippen LogP contribution in [-0.2, 0) is 5.60 Å². The normalized spacial score (nSPS) is 21.7. The number of fused-ring (bicyclic) bond motifs is 1. The summed E-state index contributed by atoms with van der Waals surface area (Å²) in [6, 6.07) is 6.92. The Balaban J connectivity index is 1.72. The SMILES string of the molecule is O=c1cc(N2CCC[C@](O)(c3cn[nH]n3)C2)nc2ccccn12. The predicted octanol–water partition coefficient (Wildman–Crippen LogP) is 0.301. The number of aliphatic hydroxyl groups is 1. The summed E-state index contributed by atoms with van der Waals surface area (Å²) in [6.45, 7) is 1.06. The first-order valence-electron chi connectivity index (χ1n) is 7.48. The lowest BCUT2D eigenvalue weighted by Crippen LogP contribution is -2.47. The van der Waals surface area contributed by atoms with Crippen molar-refractivity contribution in [3.8, 4) is 0 Å². The number of β-amino-alcohol motifs (C(OH)–C–C–N with tert-alkyl or cyclic N) is 1. The summed E-state index contributed by atoms with van der Waals surface area (Å²) >= 11 is 0.